The fourth-order valence-corrected chi connectivity index (χ4v) is 1.26. The fourth-order valence-electron chi connectivity index (χ4n) is 1.26. The van der Waals surface area contributed by atoms with Crippen molar-refractivity contribution in [1.82, 2.24) is 25.6 Å². The molecule has 1 rings (SSSR count). The molecule has 0 atom stereocenters. The standard InChI is InChI=1S/C10H19N5O/c1-3-5-12-7-9-8-15(14-13-9)6-4-10(16)11-2/h8,12H,3-7H2,1-2H3,(H,11,16). The van der Waals surface area contributed by atoms with Gasteiger partial charge in [0.2, 0.25) is 5.91 Å². The summed E-state index contributed by atoms with van der Waals surface area (Å²) in [7, 11) is 1.63. The first-order valence-electron chi connectivity index (χ1n) is 5.56. The maximum Gasteiger partial charge on any atom is 0.221 e. The summed E-state index contributed by atoms with van der Waals surface area (Å²) in [6, 6.07) is 0. The van der Waals surface area contributed by atoms with Gasteiger partial charge in [-0.15, -0.1) is 5.10 Å². The first-order valence-corrected chi connectivity index (χ1v) is 5.56. The van der Waals surface area contributed by atoms with Crippen molar-refractivity contribution in [2.75, 3.05) is 13.6 Å². The third kappa shape index (κ3) is 4.39. The highest BCUT2D eigenvalue weighted by Gasteiger charge is 2.02. The van der Waals surface area contributed by atoms with Crippen LogP contribution in [0.2, 0.25) is 0 Å². The van der Waals surface area contributed by atoms with Gasteiger partial charge in [-0.3, -0.25) is 9.48 Å². The molecule has 0 aromatic carbocycles. The molecule has 90 valence electrons. The largest absolute Gasteiger partial charge is 0.359 e. The summed E-state index contributed by atoms with van der Waals surface area (Å²) >= 11 is 0. The third-order valence-electron chi connectivity index (χ3n) is 2.17. The van der Waals surface area contributed by atoms with Crippen molar-refractivity contribution in [1.29, 1.82) is 0 Å². The first-order chi connectivity index (χ1) is 7.76. The number of carbonyl (C=O) groups is 1. The summed E-state index contributed by atoms with van der Waals surface area (Å²) in [6.07, 6.45) is 3.40. The summed E-state index contributed by atoms with van der Waals surface area (Å²) in [6.45, 7) is 4.40. The molecule has 0 aliphatic carbocycles. The molecular weight excluding hydrogens is 206 g/mol. The Hall–Kier alpha value is -1.43. The van der Waals surface area contributed by atoms with E-state index < -0.39 is 0 Å². The van der Waals surface area contributed by atoms with Crippen molar-refractivity contribution in [3.63, 3.8) is 0 Å². The summed E-state index contributed by atoms with van der Waals surface area (Å²) in [5.41, 5.74) is 0.908. The van der Waals surface area contributed by atoms with E-state index in [1.165, 1.54) is 0 Å². The number of hydrogen-bond acceptors (Lipinski definition) is 4. The molecule has 0 aliphatic rings. The molecule has 0 radical (unpaired) electrons. The molecular formula is C10H19N5O. The predicted octanol–water partition coefficient (Wildman–Crippen LogP) is -0.0862. The normalized spacial score (nSPS) is 10.4. The zero-order valence-corrected chi connectivity index (χ0v) is 9.86. The highest BCUT2D eigenvalue weighted by molar-refractivity contribution is 5.75. The number of hydrogen-bond donors (Lipinski definition) is 2. The van der Waals surface area contributed by atoms with Gasteiger partial charge >= 0.3 is 0 Å². The van der Waals surface area contributed by atoms with E-state index in [0.717, 1.165) is 25.2 Å². The molecule has 1 heterocycles. The number of nitrogens with one attached hydrogen (secondary N) is 2. The fraction of sp³-hybridized carbons (Fsp3) is 0.700. The zero-order valence-electron chi connectivity index (χ0n) is 9.86. The molecule has 1 aromatic heterocycles. The third-order valence-corrected chi connectivity index (χ3v) is 2.17. The summed E-state index contributed by atoms with van der Waals surface area (Å²) in [5.74, 6) is 0.0150. The van der Waals surface area contributed by atoms with E-state index in [1.54, 1.807) is 11.7 Å². The second-order valence-electron chi connectivity index (χ2n) is 3.57. The molecule has 0 bridgehead atoms. The van der Waals surface area contributed by atoms with Gasteiger partial charge in [0.05, 0.1) is 12.2 Å². The summed E-state index contributed by atoms with van der Waals surface area (Å²) in [5, 5.41) is 13.8. The molecule has 6 nitrogen and oxygen atoms in total. The smallest absolute Gasteiger partial charge is 0.221 e. The lowest BCUT2D eigenvalue weighted by molar-refractivity contribution is -0.120. The van der Waals surface area contributed by atoms with E-state index in [1.807, 2.05) is 6.20 Å². The van der Waals surface area contributed by atoms with Gasteiger partial charge in [0.1, 0.15) is 0 Å². The van der Waals surface area contributed by atoms with Crippen LogP contribution in [-0.2, 0) is 17.9 Å². The van der Waals surface area contributed by atoms with Crippen LogP contribution < -0.4 is 10.6 Å². The van der Waals surface area contributed by atoms with Gasteiger partial charge < -0.3 is 10.6 Å². The van der Waals surface area contributed by atoms with Gasteiger partial charge in [0, 0.05) is 26.2 Å². The lowest BCUT2D eigenvalue weighted by Crippen LogP contribution is -2.19. The zero-order chi connectivity index (χ0) is 11.8. The average Bonchev–Trinajstić information content (AvgIpc) is 2.74. The maximum atomic E-state index is 11.0. The van der Waals surface area contributed by atoms with Gasteiger partial charge in [-0.25, -0.2) is 0 Å². The van der Waals surface area contributed by atoms with E-state index in [9.17, 15) is 4.79 Å². The molecule has 0 unspecified atom stereocenters. The van der Waals surface area contributed by atoms with Crippen LogP contribution in [0.1, 0.15) is 25.5 Å². The van der Waals surface area contributed by atoms with Crippen LogP contribution in [0.25, 0.3) is 0 Å². The Kier molecular flexibility index (Phi) is 5.49. The van der Waals surface area contributed by atoms with Gasteiger partial charge in [-0.2, -0.15) is 0 Å². The Labute approximate surface area is 95.4 Å². The number of amides is 1. The van der Waals surface area contributed by atoms with Crippen molar-refractivity contribution in [2.24, 2.45) is 0 Å². The number of aromatic nitrogens is 3. The van der Waals surface area contributed by atoms with Crippen molar-refractivity contribution in [3.8, 4) is 0 Å². The first kappa shape index (κ1) is 12.6. The second kappa shape index (κ2) is 6.95. The quantitative estimate of drug-likeness (QED) is 0.636. The lowest BCUT2D eigenvalue weighted by atomic mass is 10.4. The lowest BCUT2D eigenvalue weighted by Gasteiger charge is -1.99. The average molecular weight is 225 g/mol. The summed E-state index contributed by atoms with van der Waals surface area (Å²) in [4.78, 5) is 11.0. The van der Waals surface area contributed by atoms with Crippen molar-refractivity contribution < 1.29 is 4.79 Å². The monoisotopic (exact) mass is 225 g/mol. The van der Waals surface area contributed by atoms with Crippen LogP contribution in [0.5, 0.6) is 0 Å². The van der Waals surface area contributed by atoms with Gasteiger partial charge in [-0.1, -0.05) is 12.1 Å². The highest BCUT2D eigenvalue weighted by Crippen LogP contribution is 1.94. The molecule has 1 aromatic rings. The maximum absolute atomic E-state index is 11.0. The van der Waals surface area contributed by atoms with Crippen LogP contribution in [-0.4, -0.2) is 34.5 Å². The molecule has 0 saturated heterocycles. The van der Waals surface area contributed by atoms with E-state index in [2.05, 4.69) is 27.9 Å². The topological polar surface area (TPSA) is 71.8 Å². The van der Waals surface area contributed by atoms with E-state index in [4.69, 9.17) is 0 Å². The minimum atomic E-state index is 0.0150. The minimum absolute atomic E-state index is 0.0150. The Balaban J connectivity index is 2.30. The Morgan fingerprint density at radius 3 is 3.06 bits per heavy atom. The van der Waals surface area contributed by atoms with Gasteiger partial charge in [0.15, 0.2) is 0 Å². The highest BCUT2D eigenvalue weighted by atomic mass is 16.1. The molecule has 0 spiro atoms. The number of nitrogens with zero attached hydrogens (tertiary/aromatic N) is 3. The van der Waals surface area contributed by atoms with Crippen molar-refractivity contribution >= 4 is 5.91 Å². The Morgan fingerprint density at radius 2 is 2.38 bits per heavy atom. The van der Waals surface area contributed by atoms with Crippen LogP contribution >= 0.6 is 0 Å². The number of aryl methyl sites for hydroxylation is 1. The number of rotatable bonds is 7. The van der Waals surface area contributed by atoms with Crippen molar-refractivity contribution in [2.45, 2.75) is 32.9 Å². The number of carbonyl (C=O) groups excluding carboxylic acids is 1. The molecule has 0 fully saturated rings. The molecule has 6 heteroatoms. The Bertz CT molecular complexity index is 323. The van der Waals surface area contributed by atoms with E-state index >= 15 is 0 Å². The van der Waals surface area contributed by atoms with Crippen molar-refractivity contribution in [3.05, 3.63) is 11.9 Å². The van der Waals surface area contributed by atoms with Crippen LogP contribution in [0.4, 0.5) is 0 Å². The second-order valence-corrected chi connectivity index (χ2v) is 3.57. The molecule has 0 aliphatic heterocycles. The SMILES string of the molecule is CCCNCc1cn(CCC(=O)NC)nn1. The molecule has 1 amide bonds. The van der Waals surface area contributed by atoms with E-state index in [0.29, 0.717) is 13.0 Å². The van der Waals surface area contributed by atoms with Gasteiger partial charge in [0.25, 0.3) is 0 Å². The predicted molar refractivity (Wildman–Crippen MR) is 60.7 cm³/mol. The van der Waals surface area contributed by atoms with E-state index in [-0.39, 0.29) is 5.91 Å². The molecule has 2 N–H and O–H groups in total. The van der Waals surface area contributed by atoms with Crippen LogP contribution in [0.15, 0.2) is 6.20 Å². The molecule has 16 heavy (non-hydrogen) atoms. The Morgan fingerprint density at radius 1 is 1.56 bits per heavy atom. The van der Waals surface area contributed by atoms with Crippen LogP contribution in [0.3, 0.4) is 0 Å². The van der Waals surface area contributed by atoms with Crippen LogP contribution in [0, 0.1) is 0 Å². The minimum Gasteiger partial charge on any atom is -0.359 e. The molecule has 0 saturated carbocycles. The summed E-state index contributed by atoms with van der Waals surface area (Å²) < 4.78 is 1.69. The van der Waals surface area contributed by atoms with Gasteiger partial charge in [-0.05, 0) is 13.0 Å².